The molecule has 0 amide bonds. The largest absolute Gasteiger partial charge is 0.405 e. The summed E-state index contributed by atoms with van der Waals surface area (Å²) in [4.78, 5) is 4.54. The van der Waals surface area contributed by atoms with Crippen molar-refractivity contribution in [2.75, 3.05) is 0 Å². The van der Waals surface area contributed by atoms with Crippen molar-refractivity contribution in [1.82, 2.24) is 0 Å². The zero-order valence-corrected chi connectivity index (χ0v) is 7.09. The molecule has 0 aromatic heterocycles. The summed E-state index contributed by atoms with van der Waals surface area (Å²) in [6.45, 7) is 2.18. The molecule has 0 saturated carbocycles. The summed E-state index contributed by atoms with van der Waals surface area (Å²) in [7, 11) is 0. The second-order valence-corrected chi connectivity index (χ2v) is 2.93. The standard InChI is InChI=1S/C9H16N2/c1-2-8-4-3-5-9(11-8)6-7-10/h6-8H,2-5,10H2,1H3/b7-6-. The van der Waals surface area contributed by atoms with Crippen molar-refractivity contribution >= 4 is 5.71 Å². The van der Waals surface area contributed by atoms with Gasteiger partial charge in [-0.05, 0) is 38.0 Å². The maximum Gasteiger partial charge on any atom is 0.0500 e. The Morgan fingerprint density at radius 3 is 3.18 bits per heavy atom. The predicted molar refractivity (Wildman–Crippen MR) is 48.7 cm³/mol. The van der Waals surface area contributed by atoms with Crippen molar-refractivity contribution in [3.05, 3.63) is 12.3 Å². The highest BCUT2D eigenvalue weighted by Crippen LogP contribution is 2.16. The summed E-state index contributed by atoms with van der Waals surface area (Å²) in [5.74, 6) is 0. The minimum Gasteiger partial charge on any atom is -0.405 e. The average molecular weight is 152 g/mol. The molecule has 2 nitrogen and oxygen atoms in total. The van der Waals surface area contributed by atoms with E-state index in [4.69, 9.17) is 5.73 Å². The van der Waals surface area contributed by atoms with Crippen LogP contribution >= 0.6 is 0 Å². The highest BCUT2D eigenvalue weighted by Gasteiger charge is 2.10. The Bertz CT molecular complexity index is 170. The van der Waals surface area contributed by atoms with Gasteiger partial charge in [0, 0.05) is 11.8 Å². The molecule has 1 aliphatic heterocycles. The lowest BCUT2D eigenvalue weighted by Gasteiger charge is -2.16. The van der Waals surface area contributed by atoms with E-state index in [0.29, 0.717) is 6.04 Å². The Morgan fingerprint density at radius 2 is 2.55 bits per heavy atom. The fraction of sp³-hybridized carbons (Fsp3) is 0.667. The molecule has 11 heavy (non-hydrogen) atoms. The van der Waals surface area contributed by atoms with Crippen LogP contribution in [0, 0.1) is 0 Å². The lowest BCUT2D eigenvalue weighted by molar-refractivity contribution is 0.556. The first-order chi connectivity index (χ1) is 5.36. The molecule has 0 saturated heterocycles. The third-order valence-electron chi connectivity index (χ3n) is 2.08. The van der Waals surface area contributed by atoms with Crippen LogP contribution in [0.25, 0.3) is 0 Å². The maximum absolute atomic E-state index is 5.28. The van der Waals surface area contributed by atoms with E-state index in [2.05, 4.69) is 11.9 Å². The molecule has 2 N–H and O–H groups in total. The van der Waals surface area contributed by atoms with Crippen LogP contribution in [0.4, 0.5) is 0 Å². The van der Waals surface area contributed by atoms with Crippen LogP contribution in [0.15, 0.2) is 17.3 Å². The van der Waals surface area contributed by atoms with E-state index in [9.17, 15) is 0 Å². The number of aliphatic imine (C=N–C) groups is 1. The topological polar surface area (TPSA) is 38.4 Å². The van der Waals surface area contributed by atoms with E-state index >= 15 is 0 Å². The van der Waals surface area contributed by atoms with Gasteiger partial charge in [-0.25, -0.2) is 0 Å². The molecule has 0 radical (unpaired) electrons. The Kier molecular flexibility index (Phi) is 3.14. The third-order valence-corrected chi connectivity index (χ3v) is 2.08. The molecule has 1 heterocycles. The van der Waals surface area contributed by atoms with Crippen LogP contribution in [0.3, 0.4) is 0 Å². The van der Waals surface area contributed by atoms with Gasteiger partial charge < -0.3 is 5.73 Å². The van der Waals surface area contributed by atoms with Crippen molar-refractivity contribution < 1.29 is 0 Å². The van der Waals surface area contributed by atoms with E-state index in [1.54, 1.807) is 6.20 Å². The summed E-state index contributed by atoms with van der Waals surface area (Å²) in [5.41, 5.74) is 6.46. The van der Waals surface area contributed by atoms with Crippen LogP contribution in [0.5, 0.6) is 0 Å². The quantitative estimate of drug-likeness (QED) is 0.644. The predicted octanol–water partition coefficient (Wildman–Crippen LogP) is 1.86. The first-order valence-electron chi connectivity index (χ1n) is 4.31. The van der Waals surface area contributed by atoms with Crippen molar-refractivity contribution in [2.24, 2.45) is 10.7 Å². The Morgan fingerprint density at radius 1 is 1.73 bits per heavy atom. The van der Waals surface area contributed by atoms with E-state index in [0.717, 1.165) is 12.8 Å². The molecule has 0 aliphatic carbocycles. The van der Waals surface area contributed by atoms with Crippen molar-refractivity contribution in [3.8, 4) is 0 Å². The lowest BCUT2D eigenvalue weighted by Crippen LogP contribution is -2.13. The van der Waals surface area contributed by atoms with Gasteiger partial charge in [-0.3, -0.25) is 4.99 Å². The van der Waals surface area contributed by atoms with Crippen LogP contribution in [-0.4, -0.2) is 11.8 Å². The van der Waals surface area contributed by atoms with Gasteiger partial charge >= 0.3 is 0 Å². The zero-order chi connectivity index (χ0) is 8.10. The summed E-state index contributed by atoms with van der Waals surface area (Å²) in [6.07, 6.45) is 8.27. The first-order valence-corrected chi connectivity index (χ1v) is 4.31. The van der Waals surface area contributed by atoms with Crippen LogP contribution in [0.1, 0.15) is 32.6 Å². The molecule has 1 aliphatic rings. The van der Waals surface area contributed by atoms with Gasteiger partial charge in [-0.1, -0.05) is 6.92 Å². The molecule has 62 valence electrons. The van der Waals surface area contributed by atoms with Gasteiger partial charge in [0.05, 0.1) is 0 Å². The minimum absolute atomic E-state index is 0.551. The Labute approximate surface area is 68.2 Å². The zero-order valence-electron chi connectivity index (χ0n) is 7.09. The van der Waals surface area contributed by atoms with Gasteiger partial charge in [0.2, 0.25) is 0 Å². The molecule has 2 heteroatoms. The SMILES string of the molecule is CCC1CCCC(/C=C\N)=N1. The van der Waals surface area contributed by atoms with Crippen LogP contribution in [-0.2, 0) is 0 Å². The molecule has 0 fully saturated rings. The normalized spacial score (nSPS) is 25.5. The molecule has 0 bridgehead atoms. The molecular weight excluding hydrogens is 136 g/mol. The van der Waals surface area contributed by atoms with Gasteiger partial charge in [-0.2, -0.15) is 0 Å². The number of nitrogens with zero attached hydrogens (tertiary/aromatic N) is 1. The fourth-order valence-electron chi connectivity index (χ4n) is 1.42. The number of hydrogen-bond donors (Lipinski definition) is 1. The number of rotatable bonds is 2. The third kappa shape index (κ3) is 2.37. The second-order valence-electron chi connectivity index (χ2n) is 2.93. The van der Waals surface area contributed by atoms with Crippen LogP contribution < -0.4 is 5.73 Å². The van der Waals surface area contributed by atoms with Gasteiger partial charge in [0.25, 0.3) is 0 Å². The summed E-state index contributed by atoms with van der Waals surface area (Å²) < 4.78 is 0. The first kappa shape index (κ1) is 8.31. The lowest BCUT2D eigenvalue weighted by atomic mass is 10.0. The second kappa shape index (κ2) is 4.16. The molecule has 1 rings (SSSR count). The maximum atomic E-state index is 5.28. The Balaban J connectivity index is 2.56. The van der Waals surface area contributed by atoms with Crippen LogP contribution in [0.2, 0.25) is 0 Å². The minimum atomic E-state index is 0.551. The van der Waals surface area contributed by atoms with Crippen molar-refractivity contribution in [2.45, 2.75) is 38.6 Å². The molecular formula is C9H16N2. The monoisotopic (exact) mass is 152 g/mol. The van der Waals surface area contributed by atoms with Gasteiger partial charge in [0.1, 0.15) is 0 Å². The van der Waals surface area contributed by atoms with E-state index < -0.39 is 0 Å². The van der Waals surface area contributed by atoms with Gasteiger partial charge in [0.15, 0.2) is 0 Å². The average Bonchev–Trinajstić information content (AvgIpc) is 2.06. The molecule has 1 atom stereocenters. The summed E-state index contributed by atoms with van der Waals surface area (Å²) >= 11 is 0. The summed E-state index contributed by atoms with van der Waals surface area (Å²) in [6, 6.07) is 0.551. The number of allylic oxidation sites excluding steroid dienone is 1. The van der Waals surface area contributed by atoms with Gasteiger partial charge in [-0.15, -0.1) is 0 Å². The smallest absolute Gasteiger partial charge is 0.0500 e. The molecule has 0 aromatic carbocycles. The molecule has 0 spiro atoms. The number of nitrogens with two attached hydrogens (primary N) is 1. The molecule has 0 aromatic rings. The Hall–Kier alpha value is -0.790. The van der Waals surface area contributed by atoms with Crippen molar-refractivity contribution in [3.63, 3.8) is 0 Å². The molecule has 1 unspecified atom stereocenters. The highest BCUT2D eigenvalue weighted by molar-refractivity contribution is 5.95. The number of hydrogen-bond acceptors (Lipinski definition) is 2. The van der Waals surface area contributed by atoms with E-state index in [-0.39, 0.29) is 0 Å². The van der Waals surface area contributed by atoms with E-state index in [1.807, 2.05) is 6.08 Å². The van der Waals surface area contributed by atoms with Crippen molar-refractivity contribution in [1.29, 1.82) is 0 Å². The summed E-state index contributed by atoms with van der Waals surface area (Å²) in [5, 5.41) is 0. The van der Waals surface area contributed by atoms with E-state index in [1.165, 1.54) is 18.6 Å². The fourth-order valence-corrected chi connectivity index (χ4v) is 1.42. The highest BCUT2D eigenvalue weighted by atomic mass is 14.8.